The van der Waals surface area contributed by atoms with Gasteiger partial charge in [0.1, 0.15) is 0 Å². The normalized spacial score (nSPS) is 16.2. The van der Waals surface area contributed by atoms with Crippen molar-refractivity contribution < 1.29 is 13.2 Å². The maximum atomic E-state index is 12.3. The van der Waals surface area contributed by atoms with Crippen molar-refractivity contribution in [2.24, 2.45) is 0 Å². The summed E-state index contributed by atoms with van der Waals surface area (Å²) in [6.45, 7) is 1.31. The minimum atomic E-state index is -3.26. The van der Waals surface area contributed by atoms with Gasteiger partial charge in [-0.25, -0.2) is 8.42 Å². The third-order valence-corrected chi connectivity index (χ3v) is 5.83. The fraction of sp³-hybridized carbons (Fsp3) is 0.294. The zero-order chi connectivity index (χ0) is 16.3. The summed E-state index contributed by atoms with van der Waals surface area (Å²) in [5.41, 5.74) is 1.83. The van der Waals surface area contributed by atoms with Crippen molar-refractivity contribution in [2.45, 2.75) is 18.5 Å². The van der Waals surface area contributed by atoms with Crippen LogP contribution in [0, 0.1) is 0 Å². The number of nitrogens with zero attached hydrogens (tertiary/aromatic N) is 1. The second kappa shape index (κ2) is 7.01. The van der Waals surface area contributed by atoms with Crippen LogP contribution in [-0.4, -0.2) is 31.9 Å². The van der Waals surface area contributed by atoms with E-state index in [4.69, 9.17) is 16.3 Å². The molecule has 1 fully saturated rings. The van der Waals surface area contributed by atoms with Gasteiger partial charge < -0.3 is 4.74 Å². The summed E-state index contributed by atoms with van der Waals surface area (Å²) < 4.78 is 31.8. The Balaban J connectivity index is 1.47. The minimum Gasteiger partial charge on any atom is -0.371 e. The first-order valence-corrected chi connectivity index (χ1v) is 9.39. The molecule has 2 aromatic carbocycles. The highest BCUT2D eigenvalue weighted by Gasteiger charge is 2.36. The van der Waals surface area contributed by atoms with Crippen molar-refractivity contribution >= 4 is 21.6 Å². The van der Waals surface area contributed by atoms with E-state index < -0.39 is 10.0 Å². The van der Waals surface area contributed by atoms with Crippen LogP contribution in [0.4, 0.5) is 0 Å². The van der Waals surface area contributed by atoms with E-state index in [1.54, 1.807) is 0 Å². The maximum absolute atomic E-state index is 12.3. The quantitative estimate of drug-likeness (QED) is 0.803. The Kier molecular flexibility index (Phi) is 5.02. The molecular weight excluding hydrogens is 334 g/mol. The van der Waals surface area contributed by atoms with Crippen LogP contribution >= 0.6 is 11.6 Å². The van der Waals surface area contributed by atoms with Crippen molar-refractivity contribution in [1.29, 1.82) is 0 Å². The lowest BCUT2D eigenvalue weighted by Crippen LogP contribution is -2.54. The highest BCUT2D eigenvalue weighted by Crippen LogP contribution is 2.21. The molecule has 0 spiro atoms. The molecule has 2 aromatic rings. The molecule has 23 heavy (non-hydrogen) atoms. The van der Waals surface area contributed by atoms with Gasteiger partial charge in [0.15, 0.2) is 0 Å². The van der Waals surface area contributed by atoms with Crippen LogP contribution in [0.1, 0.15) is 11.1 Å². The molecule has 0 saturated carbocycles. The molecule has 4 nitrogen and oxygen atoms in total. The van der Waals surface area contributed by atoms with Crippen LogP contribution in [0.15, 0.2) is 54.6 Å². The van der Waals surface area contributed by atoms with Gasteiger partial charge in [0.05, 0.1) is 18.5 Å². The zero-order valence-corrected chi connectivity index (χ0v) is 14.1. The van der Waals surface area contributed by atoms with Crippen LogP contribution in [0.3, 0.4) is 0 Å². The van der Waals surface area contributed by atoms with Gasteiger partial charge in [-0.3, -0.25) is 0 Å². The van der Waals surface area contributed by atoms with Gasteiger partial charge in [0, 0.05) is 18.1 Å². The van der Waals surface area contributed by atoms with E-state index in [1.807, 2.05) is 54.6 Å². The van der Waals surface area contributed by atoms with Crippen molar-refractivity contribution in [3.05, 3.63) is 70.7 Å². The van der Waals surface area contributed by atoms with Crippen LogP contribution in [0.5, 0.6) is 0 Å². The Labute approximate surface area is 141 Å². The number of hydrogen-bond acceptors (Lipinski definition) is 3. The molecule has 6 heteroatoms. The van der Waals surface area contributed by atoms with Crippen molar-refractivity contribution in [3.8, 4) is 0 Å². The second-order valence-corrected chi connectivity index (χ2v) is 8.02. The highest BCUT2D eigenvalue weighted by atomic mass is 35.5. The summed E-state index contributed by atoms with van der Waals surface area (Å²) >= 11 is 5.83. The van der Waals surface area contributed by atoms with Gasteiger partial charge in [-0.1, -0.05) is 54.1 Å². The van der Waals surface area contributed by atoms with E-state index >= 15 is 0 Å². The Morgan fingerprint density at radius 2 is 1.65 bits per heavy atom. The Bertz CT molecular complexity index is 741. The first kappa shape index (κ1) is 16.5. The van der Waals surface area contributed by atoms with Gasteiger partial charge >= 0.3 is 0 Å². The number of hydrogen-bond donors (Lipinski definition) is 0. The average molecular weight is 352 g/mol. The van der Waals surface area contributed by atoms with Crippen LogP contribution in [0.25, 0.3) is 0 Å². The molecule has 0 N–H and O–H groups in total. The Morgan fingerprint density at radius 1 is 1.00 bits per heavy atom. The molecule has 0 unspecified atom stereocenters. The van der Waals surface area contributed by atoms with E-state index in [0.717, 1.165) is 11.1 Å². The third-order valence-electron chi connectivity index (χ3n) is 3.80. The van der Waals surface area contributed by atoms with Gasteiger partial charge in [-0.2, -0.15) is 4.31 Å². The molecule has 1 aliphatic heterocycles. The summed E-state index contributed by atoms with van der Waals surface area (Å²) in [6, 6.07) is 16.7. The smallest absolute Gasteiger partial charge is 0.218 e. The molecule has 1 aliphatic rings. The van der Waals surface area contributed by atoms with Gasteiger partial charge in [-0.15, -0.1) is 0 Å². The number of benzene rings is 2. The summed E-state index contributed by atoms with van der Waals surface area (Å²) in [7, 11) is -3.26. The third kappa shape index (κ3) is 4.32. The van der Waals surface area contributed by atoms with E-state index in [2.05, 4.69) is 0 Å². The number of rotatable bonds is 6. The fourth-order valence-electron chi connectivity index (χ4n) is 2.40. The molecule has 0 aromatic heterocycles. The van der Waals surface area contributed by atoms with Crippen molar-refractivity contribution in [2.75, 3.05) is 13.1 Å². The van der Waals surface area contributed by atoms with Gasteiger partial charge in [-0.05, 0) is 23.3 Å². The fourth-order valence-corrected chi connectivity index (χ4v) is 4.11. The molecule has 0 bridgehead atoms. The first-order valence-electron chi connectivity index (χ1n) is 7.41. The molecule has 0 aliphatic carbocycles. The van der Waals surface area contributed by atoms with Crippen molar-refractivity contribution in [3.63, 3.8) is 0 Å². The molecule has 0 amide bonds. The number of halogens is 1. The predicted octanol–water partition coefficient (Wildman–Crippen LogP) is 3.07. The molecule has 1 saturated heterocycles. The SMILES string of the molecule is O=S(=O)(Cc1ccccc1)N1CC(OCc2ccc(Cl)cc2)C1. The Morgan fingerprint density at radius 3 is 2.30 bits per heavy atom. The van der Waals surface area contributed by atoms with Crippen LogP contribution in [0.2, 0.25) is 5.02 Å². The lowest BCUT2D eigenvalue weighted by atomic mass is 10.2. The molecule has 1 heterocycles. The standard InChI is InChI=1S/C17H18ClNO3S/c18-16-8-6-14(7-9-16)12-22-17-10-19(11-17)23(20,21)13-15-4-2-1-3-5-15/h1-9,17H,10-13H2. The average Bonchev–Trinajstić information content (AvgIpc) is 2.48. The summed E-state index contributed by atoms with van der Waals surface area (Å²) in [6.07, 6.45) is -0.0452. The van der Waals surface area contributed by atoms with Gasteiger partial charge in [0.25, 0.3) is 0 Å². The van der Waals surface area contributed by atoms with Crippen molar-refractivity contribution in [1.82, 2.24) is 4.31 Å². The highest BCUT2D eigenvalue weighted by molar-refractivity contribution is 7.88. The monoisotopic (exact) mass is 351 g/mol. The van der Waals surface area contributed by atoms with E-state index in [1.165, 1.54) is 4.31 Å². The summed E-state index contributed by atoms with van der Waals surface area (Å²) in [4.78, 5) is 0. The lowest BCUT2D eigenvalue weighted by Gasteiger charge is -2.37. The molecule has 0 radical (unpaired) electrons. The van der Waals surface area contributed by atoms with E-state index in [9.17, 15) is 8.42 Å². The van der Waals surface area contributed by atoms with Crippen LogP contribution in [-0.2, 0) is 27.1 Å². The molecular formula is C17H18ClNO3S. The molecule has 0 atom stereocenters. The molecule has 3 rings (SSSR count). The second-order valence-electron chi connectivity index (χ2n) is 5.62. The number of sulfonamides is 1. The summed E-state index contributed by atoms with van der Waals surface area (Å²) in [5.74, 6) is 0.0394. The topological polar surface area (TPSA) is 46.6 Å². The first-order chi connectivity index (χ1) is 11.0. The lowest BCUT2D eigenvalue weighted by molar-refractivity contribution is -0.0296. The minimum absolute atomic E-state index is 0.0394. The Hall–Kier alpha value is -1.40. The number of ether oxygens (including phenoxy) is 1. The maximum Gasteiger partial charge on any atom is 0.218 e. The zero-order valence-electron chi connectivity index (χ0n) is 12.6. The summed E-state index contributed by atoms with van der Waals surface area (Å²) in [5, 5.41) is 0.690. The van der Waals surface area contributed by atoms with E-state index in [-0.39, 0.29) is 11.9 Å². The predicted molar refractivity (Wildman–Crippen MR) is 90.7 cm³/mol. The van der Waals surface area contributed by atoms with Gasteiger partial charge in [0.2, 0.25) is 10.0 Å². The largest absolute Gasteiger partial charge is 0.371 e. The van der Waals surface area contributed by atoms with E-state index in [0.29, 0.717) is 24.7 Å². The van der Waals surface area contributed by atoms with Crippen LogP contribution < -0.4 is 0 Å². The molecule has 122 valence electrons.